The molecule has 1 unspecified atom stereocenters. The molecule has 1 atom stereocenters. The van der Waals surface area contributed by atoms with E-state index in [0.29, 0.717) is 28.1 Å². The summed E-state index contributed by atoms with van der Waals surface area (Å²) in [6, 6.07) is 8.89. The van der Waals surface area contributed by atoms with Gasteiger partial charge in [-0.1, -0.05) is 11.2 Å². The summed E-state index contributed by atoms with van der Waals surface area (Å²) in [4.78, 5) is 20.1. The number of hydrogen-bond donors (Lipinski definition) is 3. The van der Waals surface area contributed by atoms with Crippen molar-refractivity contribution in [2.75, 3.05) is 19.0 Å². The number of amides is 1. The summed E-state index contributed by atoms with van der Waals surface area (Å²) in [5.41, 5.74) is 6.89. The number of fused-ring (bicyclic) bond motifs is 1. The number of phenols is 1. The summed E-state index contributed by atoms with van der Waals surface area (Å²) >= 11 is 0. The molecule has 1 aliphatic heterocycles. The molecule has 0 saturated heterocycles. The van der Waals surface area contributed by atoms with E-state index in [1.807, 2.05) is 0 Å². The van der Waals surface area contributed by atoms with Crippen LogP contribution in [-0.2, 0) is 4.79 Å². The third kappa shape index (κ3) is 3.51. The topological polar surface area (TPSA) is 123 Å². The number of methoxy groups -OCH3 is 1. The lowest BCUT2D eigenvalue weighted by molar-refractivity contribution is -0.118. The van der Waals surface area contributed by atoms with Gasteiger partial charge < -0.3 is 20.9 Å². The van der Waals surface area contributed by atoms with Crippen LogP contribution in [0.15, 0.2) is 59.7 Å². The van der Waals surface area contributed by atoms with E-state index in [0.717, 1.165) is 0 Å². The van der Waals surface area contributed by atoms with E-state index in [1.165, 1.54) is 43.9 Å². The van der Waals surface area contributed by atoms with Gasteiger partial charge in [-0.25, -0.2) is 14.4 Å². The third-order valence-electron chi connectivity index (χ3n) is 4.61. The number of allylic oxidation sites excluding steroid dienone is 1. The number of ether oxygens (including phenoxy) is 1. The Balaban J connectivity index is 1.75. The van der Waals surface area contributed by atoms with Crippen molar-refractivity contribution in [1.82, 2.24) is 14.6 Å². The van der Waals surface area contributed by atoms with Crippen molar-refractivity contribution in [1.29, 1.82) is 0 Å². The van der Waals surface area contributed by atoms with Crippen LogP contribution in [0.25, 0.3) is 10.9 Å². The van der Waals surface area contributed by atoms with Crippen LogP contribution in [0.2, 0.25) is 0 Å². The first kappa shape index (κ1) is 19.3. The lowest BCUT2D eigenvalue weighted by atomic mass is 10.2. The number of carbonyl (C=O) groups excluding carboxylic acids is 1. The molecule has 3 aromatic rings. The molecule has 2 aromatic carbocycles. The number of benzene rings is 2. The highest BCUT2D eigenvalue weighted by atomic mass is 19.1. The Morgan fingerprint density at radius 3 is 2.87 bits per heavy atom. The molecule has 1 aliphatic rings. The lowest BCUT2D eigenvalue weighted by Gasteiger charge is -2.23. The van der Waals surface area contributed by atoms with Gasteiger partial charge in [0.05, 0.1) is 12.6 Å². The quantitative estimate of drug-likeness (QED) is 0.537. The van der Waals surface area contributed by atoms with Gasteiger partial charge in [-0.2, -0.15) is 0 Å². The SMILES string of the molecule is COc1cc2c(NC3=C[N+](CC(N)=O)(c4cccc(F)c4)N=C3)ncnc2cc1O. The van der Waals surface area contributed by atoms with Crippen molar-refractivity contribution in [2.45, 2.75) is 0 Å². The minimum atomic E-state index is -0.596. The zero-order chi connectivity index (χ0) is 21.3. The van der Waals surface area contributed by atoms with E-state index in [-0.39, 0.29) is 22.6 Å². The highest BCUT2D eigenvalue weighted by Gasteiger charge is 2.36. The number of aromatic nitrogens is 2. The van der Waals surface area contributed by atoms with Gasteiger partial charge in [-0.05, 0) is 12.1 Å². The molecule has 4 rings (SSSR count). The van der Waals surface area contributed by atoms with Crippen LogP contribution in [0.1, 0.15) is 0 Å². The Morgan fingerprint density at radius 2 is 2.13 bits per heavy atom. The maximum atomic E-state index is 13.8. The first-order valence-electron chi connectivity index (χ1n) is 8.89. The van der Waals surface area contributed by atoms with Gasteiger partial charge in [0.25, 0.3) is 5.91 Å². The number of anilines is 1. The van der Waals surface area contributed by atoms with Crippen molar-refractivity contribution in [3.8, 4) is 11.5 Å². The summed E-state index contributed by atoms with van der Waals surface area (Å²) in [5.74, 6) is -0.378. The second-order valence-electron chi connectivity index (χ2n) is 6.65. The number of hydrogen-bond acceptors (Lipinski definition) is 7. The predicted octanol–water partition coefficient (Wildman–Crippen LogP) is 2.23. The number of halogens is 1. The molecule has 0 spiro atoms. The fourth-order valence-electron chi connectivity index (χ4n) is 3.27. The van der Waals surface area contributed by atoms with E-state index < -0.39 is 11.7 Å². The number of nitrogens with two attached hydrogens (primary N) is 1. The molecule has 0 aliphatic carbocycles. The summed E-state index contributed by atoms with van der Waals surface area (Å²) in [7, 11) is 1.44. The zero-order valence-electron chi connectivity index (χ0n) is 15.9. The van der Waals surface area contributed by atoms with Gasteiger partial charge in [-0.15, -0.1) is 4.59 Å². The molecule has 30 heavy (non-hydrogen) atoms. The molecule has 152 valence electrons. The summed E-state index contributed by atoms with van der Waals surface area (Å²) in [5, 5.41) is 18.1. The lowest BCUT2D eigenvalue weighted by Crippen LogP contribution is -2.44. The molecule has 4 N–H and O–H groups in total. The molecule has 0 radical (unpaired) electrons. The van der Waals surface area contributed by atoms with Crippen LogP contribution in [-0.4, -0.2) is 40.9 Å². The molecule has 10 heteroatoms. The second-order valence-corrected chi connectivity index (χ2v) is 6.65. The number of carbonyl (C=O) groups is 1. The van der Waals surface area contributed by atoms with Crippen LogP contribution < -0.4 is 20.4 Å². The molecule has 9 nitrogen and oxygen atoms in total. The van der Waals surface area contributed by atoms with E-state index in [4.69, 9.17) is 10.5 Å². The molecule has 0 bridgehead atoms. The van der Waals surface area contributed by atoms with Gasteiger partial charge >= 0.3 is 0 Å². The average molecular weight is 409 g/mol. The van der Waals surface area contributed by atoms with E-state index in [9.17, 15) is 14.3 Å². The smallest absolute Gasteiger partial charge is 0.276 e. The van der Waals surface area contributed by atoms with Crippen LogP contribution in [0.5, 0.6) is 11.5 Å². The molecule has 2 heterocycles. The number of phenolic OH excluding ortho intramolecular Hbond substituents is 1. The van der Waals surface area contributed by atoms with Gasteiger partial charge in [-0.3, -0.25) is 4.79 Å². The Morgan fingerprint density at radius 1 is 1.30 bits per heavy atom. The molecule has 0 saturated carbocycles. The Bertz CT molecular complexity index is 1210. The van der Waals surface area contributed by atoms with Gasteiger partial charge in [0, 0.05) is 23.6 Å². The van der Waals surface area contributed by atoms with Gasteiger partial charge in [0.1, 0.15) is 29.9 Å². The molecule has 0 fully saturated rings. The number of primary amides is 1. The zero-order valence-corrected chi connectivity index (χ0v) is 15.9. The van der Waals surface area contributed by atoms with E-state index in [1.54, 1.807) is 18.3 Å². The number of aromatic hydroxyl groups is 1. The Labute approximate surface area is 170 Å². The van der Waals surface area contributed by atoms with E-state index >= 15 is 0 Å². The van der Waals surface area contributed by atoms with Crippen molar-refractivity contribution >= 4 is 34.5 Å². The maximum absolute atomic E-state index is 13.8. The Kier molecular flexibility index (Phi) is 4.76. The van der Waals surface area contributed by atoms with Crippen molar-refractivity contribution in [3.63, 3.8) is 0 Å². The molecule has 1 amide bonds. The number of quaternary nitrogens is 1. The standard InChI is InChI=1S/C20H17FN6O3/c1-30-18-6-15-16(7-17(18)28)23-11-24-20(15)26-13-8-25-27(9-13,10-19(22)29)14-4-2-3-12(21)5-14/h2-9,11H,10H2,1H3,(H3-,22,23,24,26,28,29)/p+1. The second kappa shape index (κ2) is 7.41. The van der Waals surface area contributed by atoms with Gasteiger partial charge in [0.2, 0.25) is 0 Å². The third-order valence-corrected chi connectivity index (χ3v) is 4.61. The molecule has 1 aromatic heterocycles. The van der Waals surface area contributed by atoms with Gasteiger partial charge in [0.15, 0.2) is 29.9 Å². The van der Waals surface area contributed by atoms with Crippen LogP contribution >= 0.6 is 0 Å². The monoisotopic (exact) mass is 409 g/mol. The highest BCUT2D eigenvalue weighted by molar-refractivity contribution is 5.95. The molecular formula is C20H18FN6O3+. The first-order valence-corrected chi connectivity index (χ1v) is 8.89. The minimum absolute atomic E-state index is 0.0421. The van der Waals surface area contributed by atoms with Crippen LogP contribution in [0.4, 0.5) is 15.9 Å². The first-order chi connectivity index (χ1) is 14.4. The minimum Gasteiger partial charge on any atom is -0.504 e. The normalized spacial score (nSPS) is 17.7. The maximum Gasteiger partial charge on any atom is 0.276 e. The number of nitrogens with zero attached hydrogens (tertiary/aromatic N) is 4. The van der Waals surface area contributed by atoms with Crippen molar-refractivity contribution in [3.05, 3.63) is 60.4 Å². The average Bonchev–Trinajstić information content (AvgIpc) is 3.10. The fraction of sp³-hybridized carbons (Fsp3) is 0.100. The Hall–Kier alpha value is -4.05. The number of rotatable bonds is 6. The summed E-state index contributed by atoms with van der Waals surface area (Å²) in [6.45, 7) is -0.183. The van der Waals surface area contributed by atoms with Crippen molar-refractivity contribution < 1.29 is 19.0 Å². The largest absolute Gasteiger partial charge is 0.504 e. The predicted molar refractivity (Wildman–Crippen MR) is 110 cm³/mol. The fourth-order valence-corrected chi connectivity index (χ4v) is 3.27. The van der Waals surface area contributed by atoms with Crippen LogP contribution in [0.3, 0.4) is 0 Å². The summed E-state index contributed by atoms with van der Waals surface area (Å²) in [6.07, 6.45) is 4.51. The summed E-state index contributed by atoms with van der Waals surface area (Å²) < 4.78 is 18.6. The van der Waals surface area contributed by atoms with E-state index in [2.05, 4.69) is 20.4 Å². The van der Waals surface area contributed by atoms with Crippen LogP contribution in [0, 0.1) is 5.82 Å². The highest BCUT2D eigenvalue weighted by Crippen LogP contribution is 2.34. The van der Waals surface area contributed by atoms with Crippen molar-refractivity contribution in [2.24, 2.45) is 10.8 Å². The molecular weight excluding hydrogens is 391 g/mol. The number of nitrogens with one attached hydrogen (secondary N) is 1.